The highest BCUT2D eigenvalue weighted by Gasteiger charge is 2.13. The number of nitrogens with one attached hydrogen (secondary N) is 1. The molecular weight excluding hydrogens is 391 g/mol. The summed E-state index contributed by atoms with van der Waals surface area (Å²) in [5.41, 5.74) is 3.16. The predicted octanol–water partition coefficient (Wildman–Crippen LogP) is 3.52. The molecule has 3 aromatic carbocycles. The molecule has 0 heterocycles. The number of phenols is 1. The molecule has 8 heteroatoms. The quantitative estimate of drug-likeness (QED) is 0.282. The molecule has 0 fully saturated rings. The van der Waals surface area contributed by atoms with Crippen LogP contribution < -0.4 is 14.9 Å². The van der Waals surface area contributed by atoms with Crippen molar-refractivity contribution in [1.29, 1.82) is 0 Å². The van der Waals surface area contributed by atoms with Gasteiger partial charge in [-0.25, -0.2) is 14.6 Å². The molecule has 7 nitrogen and oxygen atoms in total. The second kappa shape index (κ2) is 9.33. The molecule has 0 aliphatic carbocycles. The van der Waals surface area contributed by atoms with Crippen LogP contribution in [0.4, 0.5) is 4.39 Å². The van der Waals surface area contributed by atoms with Crippen molar-refractivity contribution < 1.29 is 28.6 Å². The van der Waals surface area contributed by atoms with E-state index in [-0.39, 0.29) is 28.4 Å². The highest BCUT2D eigenvalue weighted by molar-refractivity contribution is 5.97. The fourth-order valence-corrected chi connectivity index (χ4v) is 2.48. The number of amides is 1. The van der Waals surface area contributed by atoms with Gasteiger partial charge in [0.25, 0.3) is 5.91 Å². The van der Waals surface area contributed by atoms with E-state index in [9.17, 15) is 19.1 Å². The monoisotopic (exact) mass is 408 g/mol. The minimum Gasteiger partial charge on any atom is -0.507 e. The number of hydrogen-bond donors (Lipinski definition) is 2. The van der Waals surface area contributed by atoms with Crippen LogP contribution >= 0.6 is 0 Å². The average Bonchev–Trinajstić information content (AvgIpc) is 2.75. The van der Waals surface area contributed by atoms with Gasteiger partial charge in [0, 0.05) is 0 Å². The van der Waals surface area contributed by atoms with Crippen LogP contribution in [-0.4, -0.2) is 30.3 Å². The summed E-state index contributed by atoms with van der Waals surface area (Å²) in [5, 5.41) is 13.5. The molecule has 0 spiro atoms. The number of rotatable bonds is 6. The Hall–Kier alpha value is -4.20. The first-order valence-electron chi connectivity index (χ1n) is 8.75. The topological polar surface area (TPSA) is 97.2 Å². The summed E-state index contributed by atoms with van der Waals surface area (Å²) in [5.74, 6) is -1.41. The fraction of sp³-hybridized carbons (Fsp3) is 0.0455. The predicted molar refractivity (Wildman–Crippen MR) is 108 cm³/mol. The first-order chi connectivity index (χ1) is 14.5. The third-order valence-corrected chi connectivity index (χ3v) is 4.00. The van der Waals surface area contributed by atoms with Gasteiger partial charge in [0.1, 0.15) is 11.6 Å². The molecule has 0 bridgehead atoms. The number of phenolic OH excluding ortho intramolecular Hbond substituents is 1. The number of halogens is 1. The Labute approximate surface area is 171 Å². The van der Waals surface area contributed by atoms with E-state index in [1.54, 1.807) is 24.3 Å². The lowest BCUT2D eigenvalue weighted by Crippen LogP contribution is -2.17. The Morgan fingerprint density at radius 2 is 1.77 bits per heavy atom. The molecule has 30 heavy (non-hydrogen) atoms. The number of ether oxygens (including phenoxy) is 2. The van der Waals surface area contributed by atoms with Crippen LogP contribution in [0.3, 0.4) is 0 Å². The van der Waals surface area contributed by atoms with E-state index < -0.39 is 17.7 Å². The Balaban J connectivity index is 1.68. The molecule has 0 aliphatic heterocycles. The van der Waals surface area contributed by atoms with Crippen LogP contribution in [0.15, 0.2) is 71.8 Å². The van der Waals surface area contributed by atoms with Gasteiger partial charge in [-0.15, -0.1) is 0 Å². The zero-order valence-electron chi connectivity index (χ0n) is 15.8. The Bertz CT molecular complexity index is 1100. The van der Waals surface area contributed by atoms with Gasteiger partial charge in [-0.2, -0.15) is 5.10 Å². The number of benzene rings is 3. The number of methoxy groups -OCH3 is 1. The highest BCUT2D eigenvalue weighted by Crippen LogP contribution is 2.28. The summed E-state index contributed by atoms with van der Waals surface area (Å²) < 4.78 is 23.5. The maximum atomic E-state index is 13.0. The van der Waals surface area contributed by atoms with Gasteiger partial charge in [-0.3, -0.25) is 4.79 Å². The van der Waals surface area contributed by atoms with Gasteiger partial charge < -0.3 is 14.6 Å². The molecule has 3 aromatic rings. The lowest BCUT2D eigenvalue weighted by molar-refractivity contribution is 0.0729. The Kier molecular flexibility index (Phi) is 6.39. The summed E-state index contributed by atoms with van der Waals surface area (Å²) in [6, 6.07) is 15.7. The number of carbonyl (C=O) groups excluding carboxylic acids is 2. The van der Waals surface area contributed by atoms with Crippen LogP contribution in [0, 0.1) is 5.82 Å². The Morgan fingerprint density at radius 3 is 2.47 bits per heavy atom. The van der Waals surface area contributed by atoms with Crippen LogP contribution in [0.2, 0.25) is 0 Å². The van der Waals surface area contributed by atoms with Crippen molar-refractivity contribution >= 4 is 18.1 Å². The number of carbonyl (C=O) groups is 2. The molecule has 0 saturated carbocycles. The zero-order chi connectivity index (χ0) is 21.5. The van der Waals surface area contributed by atoms with Crippen molar-refractivity contribution in [2.75, 3.05) is 7.11 Å². The third kappa shape index (κ3) is 4.99. The number of esters is 1. The number of nitrogens with zero attached hydrogens (tertiary/aromatic N) is 1. The first-order valence-corrected chi connectivity index (χ1v) is 8.75. The smallest absolute Gasteiger partial charge is 0.343 e. The number of para-hydroxylation sites is 1. The van der Waals surface area contributed by atoms with E-state index in [2.05, 4.69) is 10.5 Å². The lowest BCUT2D eigenvalue weighted by Gasteiger charge is -2.10. The molecule has 0 radical (unpaired) electrons. The second-order valence-electron chi connectivity index (χ2n) is 6.02. The SMILES string of the molecule is COc1cc(/C=N\NC(=O)c2ccccc2O)ccc1OC(=O)c1ccc(F)cc1. The average molecular weight is 408 g/mol. The van der Waals surface area contributed by atoms with Gasteiger partial charge in [0.15, 0.2) is 11.5 Å². The van der Waals surface area contributed by atoms with Crippen LogP contribution in [0.1, 0.15) is 26.3 Å². The largest absolute Gasteiger partial charge is 0.507 e. The van der Waals surface area contributed by atoms with Gasteiger partial charge in [-0.1, -0.05) is 12.1 Å². The van der Waals surface area contributed by atoms with Gasteiger partial charge in [0.05, 0.1) is 24.5 Å². The van der Waals surface area contributed by atoms with Gasteiger partial charge in [0.2, 0.25) is 0 Å². The van der Waals surface area contributed by atoms with Crippen molar-refractivity contribution in [3.8, 4) is 17.2 Å². The van der Waals surface area contributed by atoms with Gasteiger partial charge in [-0.05, 0) is 60.2 Å². The number of hydrogen-bond acceptors (Lipinski definition) is 6. The number of aromatic hydroxyl groups is 1. The second-order valence-corrected chi connectivity index (χ2v) is 6.02. The minimum absolute atomic E-state index is 0.0929. The van der Waals surface area contributed by atoms with E-state index in [0.29, 0.717) is 5.56 Å². The van der Waals surface area contributed by atoms with Crippen molar-refractivity contribution in [2.24, 2.45) is 5.10 Å². The number of hydrazone groups is 1. The molecule has 152 valence electrons. The molecule has 0 atom stereocenters. The summed E-state index contributed by atoms with van der Waals surface area (Å²) in [4.78, 5) is 24.2. The zero-order valence-corrected chi connectivity index (χ0v) is 15.8. The molecule has 0 aliphatic rings. The van der Waals surface area contributed by atoms with Crippen molar-refractivity contribution in [1.82, 2.24) is 5.43 Å². The molecule has 0 unspecified atom stereocenters. The minimum atomic E-state index is -0.662. The summed E-state index contributed by atoms with van der Waals surface area (Å²) in [7, 11) is 1.41. The molecule has 2 N–H and O–H groups in total. The van der Waals surface area contributed by atoms with E-state index in [1.807, 2.05) is 0 Å². The highest BCUT2D eigenvalue weighted by atomic mass is 19.1. The summed E-state index contributed by atoms with van der Waals surface area (Å²) in [6.07, 6.45) is 1.37. The van der Waals surface area contributed by atoms with E-state index in [1.165, 1.54) is 43.7 Å². The molecule has 3 rings (SSSR count). The van der Waals surface area contributed by atoms with Crippen molar-refractivity contribution in [3.05, 3.63) is 89.2 Å². The summed E-state index contributed by atoms with van der Waals surface area (Å²) in [6.45, 7) is 0. The van der Waals surface area contributed by atoms with Gasteiger partial charge >= 0.3 is 5.97 Å². The maximum Gasteiger partial charge on any atom is 0.343 e. The van der Waals surface area contributed by atoms with Crippen molar-refractivity contribution in [3.63, 3.8) is 0 Å². The lowest BCUT2D eigenvalue weighted by atomic mass is 10.2. The maximum absolute atomic E-state index is 13.0. The van der Waals surface area contributed by atoms with E-state index in [4.69, 9.17) is 9.47 Å². The molecule has 1 amide bonds. The Morgan fingerprint density at radius 1 is 1.03 bits per heavy atom. The van der Waals surface area contributed by atoms with Crippen LogP contribution in [-0.2, 0) is 0 Å². The molecule has 0 saturated heterocycles. The van der Waals surface area contributed by atoms with Crippen LogP contribution in [0.5, 0.6) is 17.2 Å². The fourth-order valence-electron chi connectivity index (χ4n) is 2.48. The van der Waals surface area contributed by atoms with Crippen LogP contribution in [0.25, 0.3) is 0 Å². The van der Waals surface area contributed by atoms with E-state index >= 15 is 0 Å². The molecular formula is C22H17FN2O5. The summed E-state index contributed by atoms with van der Waals surface area (Å²) >= 11 is 0. The standard InChI is InChI=1S/C22H17FN2O5/c1-29-20-12-14(13-24-25-21(27)17-4-2-3-5-18(17)26)6-11-19(20)30-22(28)15-7-9-16(23)10-8-15/h2-13,26H,1H3,(H,25,27)/b24-13-. The first kappa shape index (κ1) is 20.5. The third-order valence-electron chi connectivity index (χ3n) is 4.00. The van der Waals surface area contributed by atoms with Crippen molar-refractivity contribution in [2.45, 2.75) is 0 Å². The van der Waals surface area contributed by atoms with E-state index in [0.717, 1.165) is 12.1 Å². The normalized spacial score (nSPS) is 10.6. The molecule has 0 aromatic heterocycles.